The van der Waals surface area contributed by atoms with Crippen molar-refractivity contribution in [3.8, 4) is 17.6 Å². The quantitative estimate of drug-likeness (QED) is 0.852. The van der Waals surface area contributed by atoms with Gasteiger partial charge in [0.05, 0.1) is 32.3 Å². The van der Waals surface area contributed by atoms with Crippen LogP contribution in [-0.4, -0.2) is 26.2 Å². The Morgan fingerprint density at radius 1 is 1.42 bits per heavy atom. The van der Waals surface area contributed by atoms with Gasteiger partial charge in [-0.05, 0) is 18.6 Å². The van der Waals surface area contributed by atoms with Crippen LogP contribution >= 0.6 is 0 Å². The molecule has 19 heavy (non-hydrogen) atoms. The molecule has 0 aliphatic carbocycles. The Hall–Kier alpha value is -2.22. The zero-order valence-electron chi connectivity index (χ0n) is 11.4. The monoisotopic (exact) mass is 262 g/mol. The highest BCUT2D eigenvalue weighted by Gasteiger charge is 2.18. The van der Waals surface area contributed by atoms with Crippen LogP contribution in [0.1, 0.15) is 30.1 Å². The van der Waals surface area contributed by atoms with Gasteiger partial charge in [0.15, 0.2) is 11.5 Å². The molecule has 0 aliphatic heterocycles. The minimum Gasteiger partial charge on any atom is -0.493 e. The number of para-hydroxylation sites is 1. The molecule has 1 aromatic carbocycles. The van der Waals surface area contributed by atoms with E-state index in [1.807, 2.05) is 6.92 Å². The molecule has 0 radical (unpaired) electrons. The Morgan fingerprint density at radius 3 is 2.68 bits per heavy atom. The summed E-state index contributed by atoms with van der Waals surface area (Å²) in [6.07, 6.45) is 0.986. The highest BCUT2D eigenvalue weighted by molar-refractivity contribution is 5.98. The average molecular weight is 262 g/mol. The summed E-state index contributed by atoms with van der Waals surface area (Å²) < 4.78 is 10.4. The zero-order valence-corrected chi connectivity index (χ0v) is 11.4. The Balaban J connectivity index is 2.96. The van der Waals surface area contributed by atoms with E-state index in [0.717, 1.165) is 0 Å². The van der Waals surface area contributed by atoms with Gasteiger partial charge < -0.3 is 14.8 Å². The predicted octanol–water partition coefficient (Wildman–Crippen LogP) is 2.13. The van der Waals surface area contributed by atoms with Gasteiger partial charge in [0.25, 0.3) is 5.91 Å². The van der Waals surface area contributed by atoms with Crippen molar-refractivity contribution in [1.82, 2.24) is 5.32 Å². The normalized spacial score (nSPS) is 11.3. The van der Waals surface area contributed by atoms with Crippen LogP contribution in [0.4, 0.5) is 0 Å². The maximum Gasteiger partial charge on any atom is 0.255 e. The standard InChI is InChI=1S/C14H18N2O3/c1-4-10(8-9-15)16-14(17)11-6-5-7-12(18-2)13(11)19-3/h5-7,10H,4,8H2,1-3H3,(H,16,17). The molecule has 0 aliphatic rings. The van der Waals surface area contributed by atoms with E-state index in [1.54, 1.807) is 18.2 Å². The van der Waals surface area contributed by atoms with Gasteiger partial charge in [0.1, 0.15) is 0 Å². The first-order chi connectivity index (χ1) is 9.17. The molecule has 0 spiro atoms. The lowest BCUT2D eigenvalue weighted by Gasteiger charge is -2.16. The fraction of sp³-hybridized carbons (Fsp3) is 0.429. The molecule has 1 N–H and O–H groups in total. The first kappa shape index (κ1) is 14.8. The van der Waals surface area contributed by atoms with E-state index in [0.29, 0.717) is 23.5 Å². The molecule has 0 bridgehead atoms. The van der Waals surface area contributed by atoms with Gasteiger partial charge in [-0.25, -0.2) is 0 Å². The third-order valence-electron chi connectivity index (χ3n) is 2.81. The predicted molar refractivity (Wildman–Crippen MR) is 71.3 cm³/mol. The van der Waals surface area contributed by atoms with E-state index in [2.05, 4.69) is 11.4 Å². The van der Waals surface area contributed by atoms with E-state index in [1.165, 1.54) is 14.2 Å². The second-order valence-corrected chi connectivity index (χ2v) is 3.98. The Morgan fingerprint density at radius 2 is 2.16 bits per heavy atom. The van der Waals surface area contributed by atoms with Gasteiger partial charge >= 0.3 is 0 Å². The van der Waals surface area contributed by atoms with E-state index in [4.69, 9.17) is 14.7 Å². The summed E-state index contributed by atoms with van der Waals surface area (Å²) in [5.74, 6) is 0.635. The molecule has 5 heteroatoms. The van der Waals surface area contributed by atoms with Crippen molar-refractivity contribution in [3.05, 3.63) is 23.8 Å². The van der Waals surface area contributed by atoms with E-state index < -0.39 is 0 Å². The second kappa shape index (κ2) is 7.27. The van der Waals surface area contributed by atoms with Crippen LogP contribution in [0.5, 0.6) is 11.5 Å². The number of benzene rings is 1. The van der Waals surface area contributed by atoms with Crippen molar-refractivity contribution in [2.45, 2.75) is 25.8 Å². The fourth-order valence-corrected chi connectivity index (χ4v) is 1.74. The summed E-state index contributed by atoms with van der Waals surface area (Å²) in [7, 11) is 3.01. The highest BCUT2D eigenvalue weighted by Crippen LogP contribution is 2.30. The fourth-order valence-electron chi connectivity index (χ4n) is 1.74. The molecule has 102 valence electrons. The summed E-state index contributed by atoms with van der Waals surface area (Å²) in [6.45, 7) is 1.92. The number of hydrogen-bond acceptors (Lipinski definition) is 4. The van der Waals surface area contributed by atoms with Crippen molar-refractivity contribution in [3.63, 3.8) is 0 Å². The van der Waals surface area contributed by atoms with Gasteiger partial charge in [0, 0.05) is 6.04 Å². The minimum absolute atomic E-state index is 0.159. The first-order valence-electron chi connectivity index (χ1n) is 6.06. The lowest BCUT2D eigenvalue weighted by molar-refractivity contribution is 0.0933. The number of nitrogens with zero attached hydrogens (tertiary/aromatic N) is 1. The zero-order chi connectivity index (χ0) is 14.3. The largest absolute Gasteiger partial charge is 0.493 e. The van der Waals surface area contributed by atoms with Crippen LogP contribution in [0, 0.1) is 11.3 Å². The van der Waals surface area contributed by atoms with Crippen LogP contribution in [-0.2, 0) is 0 Å². The molecule has 0 aromatic heterocycles. The molecule has 0 saturated carbocycles. The smallest absolute Gasteiger partial charge is 0.255 e. The highest BCUT2D eigenvalue weighted by atomic mass is 16.5. The van der Waals surface area contributed by atoms with Gasteiger partial charge in [-0.3, -0.25) is 4.79 Å². The summed E-state index contributed by atoms with van der Waals surface area (Å²) >= 11 is 0. The van der Waals surface area contributed by atoms with Crippen LogP contribution in [0.2, 0.25) is 0 Å². The first-order valence-corrected chi connectivity index (χ1v) is 6.06. The summed E-state index contributed by atoms with van der Waals surface area (Å²) in [4.78, 5) is 12.2. The van der Waals surface area contributed by atoms with Crippen LogP contribution in [0.25, 0.3) is 0 Å². The van der Waals surface area contributed by atoms with Crippen molar-refractivity contribution in [2.75, 3.05) is 14.2 Å². The summed E-state index contributed by atoms with van der Waals surface area (Å²) in [5.41, 5.74) is 0.401. The number of hydrogen-bond donors (Lipinski definition) is 1. The third kappa shape index (κ3) is 3.62. The molecular weight excluding hydrogens is 244 g/mol. The molecule has 1 amide bonds. The minimum atomic E-state index is -0.266. The number of amides is 1. The number of rotatable bonds is 6. The lowest BCUT2D eigenvalue weighted by atomic mass is 10.1. The van der Waals surface area contributed by atoms with Gasteiger partial charge in [-0.1, -0.05) is 13.0 Å². The van der Waals surface area contributed by atoms with Gasteiger partial charge in [0.2, 0.25) is 0 Å². The molecule has 0 fully saturated rings. The molecule has 0 heterocycles. The van der Waals surface area contributed by atoms with Crippen molar-refractivity contribution < 1.29 is 14.3 Å². The topological polar surface area (TPSA) is 71.4 Å². The van der Waals surface area contributed by atoms with E-state index in [-0.39, 0.29) is 18.4 Å². The number of nitrogens with one attached hydrogen (secondary N) is 1. The molecule has 1 aromatic rings. The number of nitriles is 1. The molecule has 1 atom stereocenters. The Labute approximate surface area is 113 Å². The van der Waals surface area contributed by atoms with Crippen LogP contribution in [0.15, 0.2) is 18.2 Å². The average Bonchev–Trinajstić information content (AvgIpc) is 2.45. The van der Waals surface area contributed by atoms with E-state index >= 15 is 0 Å². The number of methoxy groups -OCH3 is 2. The number of ether oxygens (including phenoxy) is 2. The number of carbonyl (C=O) groups excluding carboxylic acids is 1. The van der Waals surface area contributed by atoms with Crippen LogP contribution < -0.4 is 14.8 Å². The molecule has 1 rings (SSSR count). The Kier molecular flexibility index (Phi) is 5.68. The molecule has 1 unspecified atom stereocenters. The van der Waals surface area contributed by atoms with Crippen LogP contribution in [0.3, 0.4) is 0 Å². The maximum atomic E-state index is 12.2. The van der Waals surface area contributed by atoms with E-state index in [9.17, 15) is 4.79 Å². The van der Waals surface area contributed by atoms with Gasteiger partial charge in [-0.15, -0.1) is 0 Å². The third-order valence-corrected chi connectivity index (χ3v) is 2.81. The SMILES string of the molecule is CCC(CC#N)NC(=O)c1cccc(OC)c1OC. The van der Waals surface area contributed by atoms with Crippen molar-refractivity contribution >= 4 is 5.91 Å². The summed E-state index contributed by atoms with van der Waals surface area (Å²) in [5, 5.41) is 11.5. The van der Waals surface area contributed by atoms with Crippen molar-refractivity contribution in [2.24, 2.45) is 0 Å². The maximum absolute atomic E-state index is 12.2. The Bertz CT molecular complexity index is 480. The number of carbonyl (C=O) groups is 1. The molecule has 5 nitrogen and oxygen atoms in total. The van der Waals surface area contributed by atoms with Crippen molar-refractivity contribution in [1.29, 1.82) is 5.26 Å². The molecular formula is C14H18N2O3. The lowest BCUT2D eigenvalue weighted by Crippen LogP contribution is -2.34. The van der Waals surface area contributed by atoms with Gasteiger partial charge in [-0.2, -0.15) is 5.26 Å². The molecule has 0 saturated heterocycles. The summed E-state index contributed by atoms with van der Waals surface area (Å²) in [6, 6.07) is 7.01. The second-order valence-electron chi connectivity index (χ2n) is 3.98.